The lowest BCUT2D eigenvalue weighted by atomic mass is 10.0. The highest BCUT2D eigenvalue weighted by Crippen LogP contribution is 2.19. The van der Waals surface area contributed by atoms with Crippen LogP contribution < -0.4 is 10.1 Å². The number of aryl methyl sites for hydroxylation is 2. The summed E-state index contributed by atoms with van der Waals surface area (Å²) in [6.45, 7) is 7.99. The highest BCUT2D eigenvalue weighted by molar-refractivity contribution is 5.88. The molecule has 2 amide bonds. The molecule has 0 bridgehead atoms. The second-order valence-electron chi connectivity index (χ2n) is 8.87. The number of benzene rings is 3. The third-order valence-electron chi connectivity index (χ3n) is 5.75. The zero-order chi connectivity index (χ0) is 24.5. The van der Waals surface area contributed by atoms with Gasteiger partial charge in [-0.05, 0) is 56.0 Å². The third-order valence-corrected chi connectivity index (χ3v) is 5.75. The second kappa shape index (κ2) is 12.0. The van der Waals surface area contributed by atoms with E-state index in [-0.39, 0.29) is 24.5 Å². The van der Waals surface area contributed by atoms with Gasteiger partial charge in [0.15, 0.2) is 6.61 Å². The van der Waals surface area contributed by atoms with Crippen LogP contribution in [0.5, 0.6) is 5.75 Å². The van der Waals surface area contributed by atoms with Crippen LogP contribution in [0.15, 0.2) is 78.9 Å². The number of ether oxygens (including phenoxy) is 1. The molecule has 0 radical (unpaired) electrons. The maximum atomic E-state index is 13.6. The number of nitrogens with zero attached hydrogens (tertiary/aromatic N) is 1. The van der Waals surface area contributed by atoms with Crippen LogP contribution in [0.1, 0.15) is 36.1 Å². The first-order valence-corrected chi connectivity index (χ1v) is 11.7. The van der Waals surface area contributed by atoms with E-state index in [2.05, 4.69) is 5.32 Å². The van der Waals surface area contributed by atoms with Gasteiger partial charge >= 0.3 is 0 Å². The van der Waals surface area contributed by atoms with Gasteiger partial charge in [-0.15, -0.1) is 0 Å². The smallest absolute Gasteiger partial charge is 0.261 e. The van der Waals surface area contributed by atoms with E-state index in [1.165, 1.54) is 0 Å². The number of hydrogen-bond donors (Lipinski definition) is 1. The molecule has 3 aromatic carbocycles. The summed E-state index contributed by atoms with van der Waals surface area (Å²) in [6.07, 6.45) is 0.418. The summed E-state index contributed by atoms with van der Waals surface area (Å²) in [7, 11) is 0. The SMILES string of the molecule is Cc1ccccc1CN(C(=O)COc1ccccc1C)[C@H](Cc1ccccc1)C(=O)NC(C)C. The molecule has 34 heavy (non-hydrogen) atoms. The average Bonchev–Trinajstić information content (AvgIpc) is 2.82. The molecule has 0 spiro atoms. The molecule has 0 aliphatic heterocycles. The molecule has 3 aromatic rings. The van der Waals surface area contributed by atoms with Gasteiger partial charge in [0.1, 0.15) is 11.8 Å². The zero-order valence-electron chi connectivity index (χ0n) is 20.5. The molecular weight excluding hydrogens is 424 g/mol. The summed E-state index contributed by atoms with van der Waals surface area (Å²) in [5, 5.41) is 3.01. The van der Waals surface area contributed by atoms with E-state index in [0.717, 1.165) is 22.3 Å². The molecule has 1 N–H and O–H groups in total. The molecule has 178 valence electrons. The predicted molar refractivity (Wildman–Crippen MR) is 136 cm³/mol. The molecule has 0 fully saturated rings. The lowest BCUT2D eigenvalue weighted by molar-refractivity contribution is -0.143. The fraction of sp³-hybridized carbons (Fsp3) is 0.310. The van der Waals surface area contributed by atoms with Crippen molar-refractivity contribution in [2.75, 3.05) is 6.61 Å². The number of carbonyl (C=O) groups excluding carboxylic acids is 2. The minimum absolute atomic E-state index is 0.0376. The molecular formula is C29H34N2O3. The summed E-state index contributed by atoms with van der Waals surface area (Å²) >= 11 is 0. The van der Waals surface area contributed by atoms with Gasteiger partial charge in [0.25, 0.3) is 5.91 Å². The van der Waals surface area contributed by atoms with Crippen molar-refractivity contribution in [1.82, 2.24) is 10.2 Å². The summed E-state index contributed by atoms with van der Waals surface area (Å²) < 4.78 is 5.89. The molecule has 1 atom stereocenters. The van der Waals surface area contributed by atoms with Crippen LogP contribution in [0.2, 0.25) is 0 Å². The van der Waals surface area contributed by atoms with Crippen molar-refractivity contribution in [1.29, 1.82) is 0 Å². The summed E-state index contributed by atoms with van der Waals surface area (Å²) in [5.41, 5.74) is 4.03. The first kappa shape index (κ1) is 25.0. The average molecular weight is 459 g/mol. The number of hydrogen-bond acceptors (Lipinski definition) is 3. The van der Waals surface area contributed by atoms with Crippen LogP contribution in [-0.4, -0.2) is 35.4 Å². The zero-order valence-corrected chi connectivity index (χ0v) is 20.5. The van der Waals surface area contributed by atoms with E-state index < -0.39 is 6.04 Å². The lowest BCUT2D eigenvalue weighted by Gasteiger charge is -2.32. The molecule has 0 aliphatic rings. The third kappa shape index (κ3) is 6.95. The second-order valence-corrected chi connectivity index (χ2v) is 8.87. The number of carbonyl (C=O) groups is 2. The minimum atomic E-state index is -0.669. The molecule has 0 unspecified atom stereocenters. The lowest BCUT2D eigenvalue weighted by Crippen LogP contribution is -2.52. The Morgan fingerprint density at radius 3 is 2.12 bits per heavy atom. The van der Waals surface area contributed by atoms with Gasteiger partial charge in [0.2, 0.25) is 5.91 Å². The van der Waals surface area contributed by atoms with E-state index in [1.54, 1.807) is 4.90 Å². The largest absolute Gasteiger partial charge is 0.484 e. The fourth-order valence-corrected chi connectivity index (χ4v) is 3.85. The highest BCUT2D eigenvalue weighted by Gasteiger charge is 2.31. The number of nitrogens with one attached hydrogen (secondary N) is 1. The Kier molecular flexibility index (Phi) is 8.86. The van der Waals surface area contributed by atoms with E-state index in [1.807, 2.05) is 107 Å². The molecule has 5 heteroatoms. The van der Waals surface area contributed by atoms with E-state index in [4.69, 9.17) is 4.74 Å². The summed E-state index contributed by atoms with van der Waals surface area (Å²) in [4.78, 5) is 28.6. The maximum Gasteiger partial charge on any atom is 0.261 e. The van der Waals surface area contributed by atoms with Gasteiger partial charge < -0.3 is 15.0 Å². The Bertz CT molecular complexity index is 1100. The standard InChI is InChI=1S/C29H34N2O3/c1-21(2)30-29(33)26(18-24-14-6-5-7-15-24)31(19-25-16-10-8-12-22(25)3)28(32)20-34-27-17-11-9-13-23(27)4/h5-17,21,26H,18-20H2,1-4H3,(H,30,33)/t26-/m1/s1. The van der Waals surface area contributed by atoms with Gasteiger partial charge in [-0.3, -0.25) is 9.59 Å². The molecule has 0 heterocycles. The fourth-order valence-electron chi connectivity index (χ4n) is 3.85. The molecule has 5 nitrogen and oxygen atoms in total. The van der Waals surface area contributed by atoms with Crippen molar-refractivity contribution in [2.24, 2.45) is 0 Å². The Labute approximate surface area is 202 Å². The van der Waals surface area contributed by atoms with E-state index >= 15 is 0 Å². The minimum Gasteiger partial charge on any atom is -0.484 e. The van der Waals surface area contributed by atoms with Crippen molar-refractivity contribution in [3.8, 4) is 5.75 Å². The van der Waals surface area contributed by atoms with Gasteiger partial charge in [0.05, 0.1) is 0 Å². The van der Waals surface area contributed by atoms with Crippen LogP contribution in [0, 0.1) is 13.8 Å². The van der Waals surface area contributed by atoms with Crippen molar-refractivity contribution >= 4 is 11.8 Å². The predicted octanol–water partition coefficient (Wildman–Crippen LogP) is 4.85. The number of amides is 2. The van der Waals surface area contributed by atoms with Gasteiger partial charge in [-0.2, -0.15) is 0 Å². The van der Waals surface area contributed by atoms with Gasteiger partial charge in [-0.25, -0.2) is 0 Å². The Morgan fingerprint density at radius 1 is 0.853 bits per heavy atom. The maximum absolute atomic E-state index is 13.6. The Hall–Kier alpha value is -3.60. The first-order valence-electron chi connectivity index (χ1n) is 11.7. The molecule has 0 aliphatic carbocycles. The normalized spacial score (nSPS) is 11.7. The van der Waals surface area contributed by atoms with Crippen molar-refractivity contribution in [2.45, 2.75) is 52.7 Å². The quantitative estimate of drug-likeness (QED) is 0.473. The van der Waals surface area contributed by atoms with Crippen LogP contribution in [-0.2, 0) is 22.6 Å². The van der Waals surface area contributed by atoms with Crippen molar-refractivity contribution < 1.29 is 14.3 Å². The number of para-hydroxylation sites is 1. The van der Waals surface area contributed by atoms with E-state index in [9.17, 15) is 9.59 Å². The van der Waals surface area contributed by atoms with Crippen LogP contribution in [0.3, 0.4) is 0 Å². The van der Waals surface area contributed by atoms with Gasteiger partial charge in [-0.1, -0.05) is 72.8 Å². The Morgan fingerprint density at radius 2 is 1.47 bits per heavy atom. The van der Waals surface area contributed by atoms with Crippen molar-refractivity contribution in [3.05, 3.63) is 101 Å². The molecule has 0 saturated carbocycles. The van der Waals surface area contributed by atoms with Crippen LogP contribution in [0.4, 0.5) is 0 Å². The van der Waals surface area contributed by atoms with Crippen LogP contribution in [0.25, 0.3) is 0 Å². The molecule has 0 aromatic heterocycles. The monoisotopic (exact) mass is 458 g/mol. The van der Waals surface area contributed by atoms with Gasteiger partial charge in [0, 0.05) is 19.0 Å². The van der Waals surface area contributed by atoms with Crippen LogP contribution >= 0.6 is 0 Å². The first-order chi connectivity index (χ1) is 16.3. The molecule has 3 rings (SSSR count). The summed E-state index contributed by atoms with van der Waals surface area (Å²) in [6, 6.07) is 24.6. The van der Waals surface area contributed by atoms with E-state index in [0.29, 0.717) is 18.7 Å². The topological polar surface area (TPSA) is 58.6 Å². The summed E-state index contributed by atoms with van der Waals surface area (Å²) in [5.74, 6) is 0.265. The Balaban J connectivity index is 1.93. The molecule has 0 saturated heterocycles. The number of rotatable bonds is 10. The highest BCUT2D eigenvalue weighted by atomic mass is 16.5. The van der Waals surface area contributed by atoms with Crippen molar-refractivity contribution in [3.63, 3.8) is 0 Å².